The predicted molar refractivity (Wildman–Crippen MR) is 121 cm³/mol. The molecule has 0 bridgehead atoms. The number of carbonyl (C=O) groups excluding carboxylic acids is 1. The third kappa shape index (κ3) is 5.20. The summed E-state index contributed by atoms with van der Waals surface area (Å²) in [5, 5.41) is 0. The van der Waals surface area contributed by atoms with Gasteiger partial charge in [0.2, 0.25) is 5.91 Å². The van der Waals surface area contributed by atoms with Crippen molar-refractivity contribution in [2.24, 2.45) is 0 Å². The number of amides is 1. The Bertz CT molecular complexity index is 1030. The van der Waals surface area contributed by atoms with Gasteiger partial charge in [0.15, 0.2) is 0 Å². The van der Waals surface area contributed by atoms with Crippen LogP contribution in [0.3, 0.4) is 0 Å². The molecule has 4 rings (SSSR count). The van der Waals surface area contributed by atoms with Gasteiger partial charge in [0.05, 0.1) is 26.0 Å². The third-order valence-corrected chi connectivity index (χ3v) is 5.58. The highest BCUT2D eigenvalue weighted by Crippen LogP contribution is 2.24. The van der Waals surface area contributed by atoms with E-state index in [0.717, 1.165) is 28.3 Å². The number of carbonyl (C=O) groups is 1. The molecule has 1 amide bonds. The van der Waals surface area contributed by atoms with E-state index >= 15 is 0 Å². The lowest BCUT2D eigenvalue weighted by molar-refractivity contribution is -0.138. The van der Waals surface area contributed by atoms with Crippen molar-refractivity contribution < 1.29 is 14.3 Å². The Morgan fingerprint density at radius 3 is 2.78 bits per heavy atom. The maximum absolute atomic E-state index is 12.9. The predicted octanol–water partition coefficient (Wildman–Crippen LogP) is 2.97. The lowest BCUT2D eigenvalue weighted by atomic mass is 10.1. The van der Waals surface area contributed by atoms with E-state index in [9.17, 15) is 4.79 Å². The monoisotopic (exact) mass is 433 g/mol. The molecule has 3 aromatic rings. The van der Waals surface area contributed by atoms with E-state index in [1.54, 1.807) is 25.7 Å². The normalized spacial score (nSPS) is 15.9. The van der Waals surface area contributed by atoms with E-state index in [4.69, 9.17) is 9.47 Å². The Hall–Kier alpha value is -3.52. The Balaban J connectivity index is 1.33. The molecule has 1 atom stereocenters. The van der Waals surface area contributed by atoms with E-state index in [2.05, 4.69) is 19.9 Å². The Morgan fingerprint density at radius 2 is 2.03 bits per heavy atom. The average Bonchev–Trinajstić information content (AvgIpc) is 2.87. The molecule has 0 spiro atoms. The van der Waals surface area contributed by atoms with Crippen LogP contribution in [0.15, 0.2) is 61.3 Å². The van der Waals surface area contributed by atoms with Crippen molar-refractivity contribution >= 4 is 11.6 Å². The fourth-order valence-corrected chi connectivity index (χ4v) is 3.67. The van der Waals surface area contributed by atoms with Crippen LogP contribution in [0.4, 0.5) is 5.69 Å². The topological polar surface area (TPSA) is 80.7 Å². The summed E-state index contributed by atoms with van der Waals surface area (Å²) in [6.07, 6.45) is 7.00. The summed E-state index contributed by atoms with van der Waals surface area (Å²) >= 11 is 0. The van der Waals surface area contributed by atoms with Gasteiger partial charge in [0.25, 0.3) is 0 Å². The molecule has 0 radical (unpaired) electrons. The summed E-state index contributed by atoms with van der Waals surface area (Å²) in [6, 6.07) is 11.7. The van der Waals surface area contributed by atoms with Crippen molar-refractivity contribution in [3.63, 3.8) is 0 Å². The van der Waals surface area contributed by atoms with Crippen molar-refractivity contribution in [3.8, 4) is 16.9 Å². The number of nitrogens with zero attached hydrogens (tertiary/aromatic N) is 5. The second-order valence-corrected chi connectivity index (χ2v) is 7.67. The van der Waals surface area contributed by atoms with Gasteiger partial charge in [-0.05, 0) is 18.2 Å². The number of ether oxygens (including phenoxy) is 2. The fraction of sp³-hybridized carbons (Fsp3) is 0.333. The van der Waals surface area contributed by atoms with Gasteiger partial charge in [0.1, 0.15) is 18.2 Å². The molecule has 3 heterocycles. The smallest absolute Gasteiger partial charge is 0.224 e. The maximum atomic E-state index is 12.9. The maximum Gasteiger partial charge on any atom is 0.224 e. The number of benzene rings is 1. The lowest BCUT2D eigenvalue weighted by Crippen LogP contribution is -2.43. The summed E-state index contributed by atoms with van der Waals surface area (Å²) in [6.45, 7) is 2.22. The molecule has 166 valence electrons. The first-order valence-corrected chi connectivity index (χ1v) is 10.6. The van der Waals surface area contributed by atoms with Crippen LogP contribution in [0, 0.1) is 0 Å². The molecule has 1 aliphatic rings. The lowest BCUT2D eigenvalue weighted by Gasteiger charge is -2.33. The summed E-state index contributed by atoms with van der Waals surface area (Å²) in [5.74, 6) is 0.918. The first-order chi connectivity index (χ1) is 15.6. The van der Waals surface area contributed by atoms with Crippen molar-refractivity contribution in [1.82, 2.24) is 19.9 Å². The fourth-order valence-electron chi connectivity index (χ4n) is 3.67. The summed E-state index contributed by atoms with van der Waals surface area (Å²) in [4.78, 5) is 29.4. The Kier molecular flexibility index (Phi) is 6.91. The zero-order valence-corrected chi connectivity index (χ0v) is 18.3. The molecule has 8 nitrogen and oxygen atoms in total. The van der Waals surface area contributed by atoms with Gasteiger partial charge in [-0.25, -0.2) is 9.97 Å². The molecule has 0 N–H and O–H groups in total. The molecule has 0 saturated carbocycles. The first kappa shape index (κ1) is 21.7. The van der Waals surface area contributed by atoms with Crippen LogP contribution in [-0.4, -0.2) is 66.2 Å². The molecular weight excluding hydrogens is 406 g/mol. The quantitative estimate of drug-likeness (QED) is 0.567. The van der Waals surface area contributed by atoms with Gasteiger partial charge in [-0.2, -0.15) is 0 Å². The number of anilines is 1. The van der Waals surface area contributed by atoms with E-state index in [-0.39, 0.29) is 12.0 Å². The van der Waals surface area contributed by atoms with Gasteiger partial charge in [0, 0.05) is 68.0 Å². The second-order valence-electron chi connectivity index (χ2n) is 7.67. The zero-order valence-electron chi connectivity index (χ0n) is 18.3. The first-order valence-electron chi connectivity index (χ1n) is 10.6. The van der Waals surface area contributed by atoms with E-state index in [0.29, 0.717) is 32.7 Å². The van der Waals surface area contributed by atoms with Crippen LogP contribution in [0.2, 0.25) is 0 Å². The van der Waals surface area contributed by atoms with E-state index in [1.807, 2.05) is 48.3 Å². The van der Waals surface area contributed by atoms with Crippen molar-refractivity contribution in [2.75, 3.05) is 45.3 Å². The van der Waals surface area contributed by atoms with Gasteiger partial charge in [-0.15, -0.1) is 0 Å². The van der Waals surface area contributed by atoms with E-state index in [1.165, 1.54) is 6.33 Å². The number of methoxy groups -OCH3 is 1. The number of hydrogen-bond donors (Lipinski definition) is 0. The number of aromatic nitrogens is 3. The minimum Gasteiger partial charge on any atom is -0.497 e. The van der Waals surface area contributed by atoms with Crippen LogP contribution in [-0.2, 0) is 9.53 Å². The summed E-state index contributed by atoms with van der Waals surface area (Å²) < 4.78 is 11.2. The summed E-state index contributed by atoms with van der Waals surface area (Å²) in [7, 11) is 3.63. The molecule has 8 heteroatoms. The SMILES string of the molecule is COc1cccc(N(C)CCC(=O)N2CCOC(c3ccc(-c4cncnc4)cn3)C2)c1. The highest BCUT2D eigenvalue weighted by molar-refractivity contribution is 5.77. The molecule has 1 aromatic carbocycles. The van der Waals surface area contributed by atoms with Gasteiger partial charge in [-0.3, -0.25) is 9.78 Å². The Morgan fingerprint density at radius 1 is 1.19 bits per heavy atom. The average molecular weight is 434 g/mol. The zero-order chi connectivity index (χ0) is 22.3. The van der Waals surface area contributed by atoms with Gasteiger partial charge >= 0.3 is 0 Å². The number of rotatable bonds is 7. The highest BCUT2D eigenvalue weighted by atomic mass is 16.5. The van der Waals surface area contributed by atoms with Crippen LogP contribution in [0.5, 0.6) is 5.75 Å². The van der Waals surface area contributed by atoms with Crippen molar-refractivity contribution in [2.45, 2.75) is 12.5 Å². The Labute approximate surface area is 187 Å². The molecule has 1 aliphatic heterocycles. The molecule has 1 saturated heterocycles. The van der Waals surface area contributed by atoms with Crippen LogP contribution < -0.4 is 9.64 Å². The molecule has 0 aliphatic carbocycles. The largest absolute Gasteiger partial charge is 0.497 e. The summed E-state index contributed by atoms with van der Waals surface area (Å²) in [5.41, 5.74) is 3.69. The molecule has 2 aromatic heterocycles. The van der Waals surface area contributed by atoms with Crippen molar-refractivity contribution in [1.29, 1.82) is 0 Å². The minimum atomic E-state index is -0.232. The molecular formula is C24H27N5O3. The van der Waals surface area contributed by atoms with Gasteiger partial charge < -0.3 is 19.3 Å². The van der Waals surface area contributed by atoms with Crippen LogP contribution >= 0.6 is 0 Å². The highest BCUT2D eigenvalue weighted by Gasteiger charge is 2.26. The number of pyridine rings is 1. The second kappa shape index (κ2) is 10.2. The third-order valence-electron chi connectivity index (χ3n) is 5.58. The standard InChI is InChI=1S/C24H27N5O3/c1-28(20-4-3-5-21(12-20)31-2)9-8-24(30)29-10-11-32-23(16-29)22-7-6-18(15-27-22)19-13-25-17-26-14-19/h3-7,12-15,17,23H,8-11,16H2,1-2H3. The van der Waals surface area contributed by atoms with Gasteiger partial charge in [-0.1, -0.05) is 12.1 Å². The van der Waals surface area contributed by atoms with E-state index < -0.39 is 0 Å². The number of hydrogen-bond acceptors (Lipinski definition) is 7. The van der Waals surface area contributed by atoms with Crippen LogP contribution in [0.1, 0.15) is 18.2 Å². The van der Waals surface area contributed by atoms with Crippen LogP contribution in [0.25, 0.3) is 11.1 Å². The minimum absolute atomic E-state index is 0.117. The number of morpholine rings is 1. The molecule has 1 unspecified atom stereocenters. The van der Waals surface area contributed by atoms with Crippen molar-refractivity contribution in [3.05, 3.63) is 67.0 Å². The molecule has 32 heavy (non-hydrogen) atoms. The molecule has 1 fully saturated rings.